The van der Waals surface area contributed by atoms with Gasteiger partial charge in [0.25, 0.3) is 0 Å². The number of rotatable bonds is 14. The van der Waals surface area contributed by atoms with Crippen LogP contribution in [0.5, 0.6) is 23.0 Å². The van der Waals surface area contributed by atoms with Gasteiger partial charge in [0.1, 0.15) is 18.8 Å². The highest BCUT2D eigenvalue weighted by molar-refractivity contribution is 5.70. The molecule has 0 amide bonds. The third-order valence-corrected chi connectivity index (χ3v) is 6.45. The van der Waals surface area contributed by atoms with Crippen LogP contribution >= 0.6 is 0 Å². The Hall–Kier alpha value is -4.40. The van der Waals surface area contributed by atoms with Gasteiger partial charge in [-0.05, 0) is 29.8 Å². The average molecular weight is 635 g/mol. The van der Waals surface area contributed by atoms with Crippen LogP contribution in [-0.2, 0) is 47.6 Å². The highest BCUT2D eigenvalue weighted by atomic mass is 16.7. The average Bonchev–Trinajstić information content (AvgIpc) is 2.99. The van der Waals surface area contributed by atoms with Crippen molar-refractivity contribution in [1.82, 2.24) is 0 Å². The van der Waals surface area contributed by atoms with Crippen molar-refractivity contribution in [3.8, 4) is 23.0 Å². The summed E-state index contributed by atoms with van der Waals surface area (Å²) in [4.78, 5) is 47.9. The molecule has 1 aliphatic heterocycles. The zero-order valence-electron chi connectivity index (χ0n) is 26.1. The monoisotopic (exact) mass is 634 g/mol. The van der Waals surface area contributed by atoms with Crippen LogP contribution in [-0.4, -0.2) is 89.1 Å². The van der Waals surface area contributed by atoms with Crippen LogP contribution < -0.4 is 18.9 Å². The largest absolute Gasteiger partial charge is 0.493 e. The van der Waals surface area contributed by atoms with Gasteiger partial charge in [0.2, 0.25) is 0 Å². The second kappa shape index (κ2) is 16.6. The van der Waals surface area contributed by atoms with E-state index in [4.69, 9.17) is 47.4 Å². The smallest absolute Gasteiger partial charge is 0.308 e. The number of hydrogen-bond donors (Lipinski definition) is 0. The molecule has 0 aromatic heterocycles. The van der Waals surface area contributed by atoms with Gasteiger partial charge in [-0.3, -0.25) is 19.2 Å². The summed E-state index contributed by atoms with van der Waals surface area (Å²) < 4.78 is 56.7. The van der Waals surface area contributed by atoms with Crippen molar-refractivity contribution in [1.29, 1.82) is 0 Å². The predicted molar refractivity (Wildman–Crippen MR) is 154 cm³/mol. The molecule has 2 aromatic carbocycles. The summed E-state index contributed by atoms with van der Waals surface area (Å²) in [5.41, 5.74) is 0.425. The number of para-hydroxylation sites is 2. The molecule has 1 heterocycles. The Bertz CT molecular complexity index is 1330. The Morgan fingerprint density at radius 2 is 1.42 bits per heavy atom. The van der Waals surface area contributed by atoms with E-state index in [2.05, 4.69) is 0 Å². The van der Waals surface area contributed by atoms with Crippen molar-refractivity contribution in [2.45, 2.75) is 64.5 Å². The Morgan fingerprint density at radius 1 is 0.778 bits per heavy atom. The van der Waals surface area contributed by atoms with Gasteiger partial charge < -0.3 is 47.4 Å². The SMILES string of the molecule is COc1cc([C@H](O[C@@H]2CO[C@@H](OC)[C@H](OC(C)=O)[C@H]2OC(C)=O)[C@H](COC(C)=O)Oc2ccccc2OC)ccc1OC(C)=O. The molecule has 1 fully saturated rings. The van der Waals surface area contributed by atoms with E-state index in [1.807, 2.05) is 0 Å². The fraction of sp³-hybridized carbons (Fsp3) is 0.484. The minimum Gasteiger partial charge on any atom is -0.493 e. The normalized spacial score (nSPS) is 20.6. The first kappa shape index (κ1) is 35.1. The highest BCUT2D eigenvalue weighted by Crippen LogP contribution is 2.38. The van der Waals surface area contributed by atoms with E-state index in [1.165, 1.54) is 55.1 Å². The minimum absolute atomic E-state index is 0.145. The van der Waals surface area contributed by atoms with Gasteiger partial charge in [-0.2, -0.15) is 0 Å². The quantitative estimate of drug-likeness (QED) is 0.169. The zero-order valence-corrected chi connectivity index (χ0v) is 26.1. The van der Waals surface area contributed by atoms with Crippen molar-refractivity contribution in [2.24, 2.45) is 0 Å². The number of hydrogen-bond acceptors (Lipinski definition) is 14. The number of benzene rings is 2. The molecule has 14 nitrogen and oxygen atoms in total. The van der Waals surface area contributed by atoms with Gasteiger partial charge in [0.15, 0.2) is 47.6 Å². The molecular weight excluding hydrogens is 596 g/mol. The van der Waals surface area contributed by atoms with Gasteiger partial charge in [-0.15, -0.1) is 0 Å². The molecule has 0 N–H and O–H groups in total. The van der Waals surface area contributed by atoms with E-state index in [-0.39, 0.29) is 24.7 Å². The first-order valence-corrected chi connectivity index (χ1v) is 13.9. The molecule has 6 atom stereocenters. The zero-order chi connectivity index (χ0) is 33.1. The van der Waals surface area contributed by atoms with Crippen LogP contribution in [0.4, 0.5) is 0 Å². The summed E-state index contributed by atoms with van der Waals surface area (Å²) in [6.45, 7) is 4.42. The van der Waals surface area contributed by atoms with E-state index >= 15 is 0 Å². The van der Waals surface area contributed by atoms with Crippen LogP contribution in [0.15, 0.2) is 42.5 Å². The molecule has 0 saturated carbocycles. The van der Waals surface area contributed by atoms with Crippen LogP contribution in [0.1, 0.15) is 39.4 Å². The standard InChI is InChI=1S/C31H38O14/c1-17(32)39-15-26(44-23-11-9-8-10-22(23)36-5)28(21-12-13-24(41-18(2)33)25(14-21)37-6)45-27-16-40-31(38-7)30(43-20(4)35)29(27)42-19(3)34/h8-14,26-31H,15-16H2,1-7H3/t26-,27+,28-,29-,30+,31+/m0/s1. The Kier molecular flexibility index (Phi) is 12.9. The molecule has 0 radical (unpaired) electrons. The van der Waals surface area contributed by atoms with Gasteiger partial charge in [-0.1, -0.05) is 18.2 Å². The number of methoxy groups -OCH3 is 3. The highest BCUT2D eigenvalue weighted by Gasteiger charge is 2.48. The maximum atomic E-state index is 12.2. The molecular formula is C31H38O14. The molecule has 246 valence electrons. The van der Waals surface area contributed by atoms with Crippen molar-refractivity contribution >= 4 is 23.9 Å². The summed E-state index contributed by atoms with van der Waals surface area (Å²) >= 11 is 0. The summed E-state index contributed by atoms with van der Waals surface area (Å²) in [5.74, 6) is -1.45. The fourth-order valence-electron chi connectivity index (χ4n) is 4.64. The van der Waals surface area contributed by atoms with Gasteiger partial charge >= 0.3 is 23.9 Å². The topological polar surface area (TPSA) is 161 Å². The van der Waals surface area contributed by atoms with Gasteiger partial charge in [0, 0.05) is 34.8 Å². The third kappa shape index (κ3) is 9.80. The van der Waals surface area contributed by atoms with E-state index in [0.717, 1.165) is 0 Å². The van der Waals surface area contributed by atoms with Crippen molar-refractivity contribution in [3.05, 3.63) is 48.0 Å². The van der Waals surface area contributed by atoms with E-state index in [9.17, 15) is 19.2 Å². The van der Waals surface area contributed by atoms with Crippen LogP contribution in [0.3, 0.4) is 0 Å². The molecule has 0 bridgehead atoms. The van der Waals surface area contributed by atoms with E-state index in [1.54, 1.807) is 36.4 Å². The predicted octanol–water partition coefficient (Wildman–Crippen LogP) is 2.93. The van der Waals surface area contributed by atoms with Crippen molar-refractivity contribution < 1.29 is 66.5 Å². The van der Waals surface area contributed by atoms with Gasteiger partial charge in [-0.25, -0.2) is 0 Å². The number of esters is 4. The number of carbonyl (C=O) groups excluding carboxylic acids is 4. The lowest BCUT2D eigenvalue weighted by molar-refractivity contribution is -0.286. The maximum Gasteiger partial charge on any atom is 0.308 e. The lowest BCUT2D eigenvalue weighted by Gasteiger charge is -2.42. The molecule has 45 heavy (non-hydrogen) atoms. The lowest BCUT2D eigenvalue weighted by Crippen LogP contribution is -2.58. The number of ether oxygens (including phenoxy) is 10. The van der Waals surface area contributed by atoms with Crippen LogP contribution in [0.2, 0.25) is 0 Å². The maximum absolute atomic E-state index is 12.2. The van der Waals surface area contributed by atoms with Crippen LogP contribution in [0, 0.1) is 0 Å². The molecule has 0 unspecified atom stereocenters. The minimum atomic E-state index is -1.20. The second-order valence-corrected chi connectivity index (χ2v) is 9.79. The molecule has 1 saturated heterocycles. The Balaban J connectivity index is 2.15. The van der Waals surface area contributed by atoms with Gasteiger partial charge in [0.05, 0.1) is 20.8 Å². The summed E-state index contributed by atoms with van der Waals surface area (Å²) in [7, 11) is 4.22. The Morgan fingerprint density at radius 3 is 2.00 bits per heavy atom. The molecule has 1 aliphatic rings. The van der Waals surface area contributed by atoms with Crippen molar-refractivity contribution in [3.63, 3.8) is 0 Å². The first-order valence-electron chi connectivity index (χ1n) is 13.9. The van der Waals surface area contributed by atoms with E-state index in [0.29, 0.717) is 17.1 Å². The molecule has 2 aromatic rings. The lowest BCUT2D eigenvalue weighted by atomic mass is 10.0. The summed E-state index contributed by atoms with van der Waals surface area (Å²) in [6.07, 6.45) is -6.66. The summed E-state index contributed by atoms with van der Waals surface area (Å²) in [5, 5.41) is 0. The van der Waals surface area contributed by atoms with Crippen molar-refractivity contribution in [2.75, 3.05) is 34.5 Å². The Labute approximate surface area is 260 Å². The number of carbonyl (C=O) groups is 4. The second-order valence-electron chi connectivity index (χ2n) is 9.79. The van der Waals surface area contributed by atoms with Crippen LogP contribution in [0.25, 0.3) is 0 Å². The third-order valence-electron chi connectivity index (χ3n) is 6.45. The first-order chi connectivity index (χ1) is 21.5. The molecule has 0 spiro atoms. The molecule has 3 rings (SSSR count). The summed E-state index contributed by atoms with van der Waals surface area (Å²) in [6, 6.07) is 11.5. The molecule has 0 aliphatic carbocycles. The fourth-order valence-corrected chi connectivity index (χ4v) is 4.64. The molecule has 14 heteroatoms. The van der Waals surface area contributed by atoms with E-state index < -0.39 is 60.7 Å².